The van der Waals surface area contributed by atoms with Crippen LogP contribution in [0.4, 0.5) is 0 Å². The standard InChI is InChI=1S/C16H20/c1-12-6-5-7-16(4,11-12)15-9-13(2)8-14(3)10-15/h5-6,8-11H,7H2,1-4H3. The average Bonchev–Trinajstić information content (AvgIpc) is 2.15. The van der Waals surface area contributed by atoms with Crippen LogP contribution in [-0.2, 0) is 5.41 Å². The van der Waals surface area contributed by atoms with Crippen LogP contribution in [-0.4, -0.2) is 0 Å². The van der Waals surface area contributed by atoms with Crippen molar-refractivity contribution in [1.82, 2.24) is 0 Å². The third-order valence-electron chi connectivity index (χ3n) is 3.35. The Bertz CT molecular complexity index is 443. The second-order valence-corrected chi connectivity index (χ2v) is 5.29. The van der Waals surface area contributed by atoms with Gasteiger partial charge in [0.25, 0.3) is 0 Å². The molecular weight excluding hydrogens is 192 g/mol. The first kappa shape index (κ1) is 11.2. The highest BCUT2D eigenvalue weighted by Crippen LogP contribution is 2.34. The zero-order chi connectivity index (χ0) is 11.8. The maximum atomic E-state index is 2.39. The van der Waals surface area contributed by atoms with Gasteiger partial charge in [-0.25, -0.2) is 0 Å². The van der Waals surface area contributed by atoms with Crippen LogP contribution in [0.25, 0.3) is 0 Å². The van der Waals surface area contributed by atoms with Gasteiger partial charge in [0.05, 0.1) is 0 Å². The average molecular weight is 212 g/mol. The molecule has 0 spiro atoms. The molecule has 1 aliphatic rings. The topological polar surface area (TPSA) is 0 Å². The minimum atomic E-state index is 0.176. The van der Waals surface area contributed by atoms with Crippen molar-refractivity contribution in [3.05, 3.63) is 58.7 Å². The molecule has 0 saturated carbocycles. The van der Waals surface area contributed by atoms with Gasteiger partial charge in [-0.3, -0.25) is 0 Å². The molecule has 0 heteroatoms. The first-order valence-corrected chi connectivity index (χ1v) is 5.94. The summed E-state index contributed by atoms with van der Waals surface area (Å²) in [6, 6.07) is 6.87. The zero-order valence-corrected chi connectivity index (χ0v) is 10.7. The van der Waals surface area contributed by atoms with E-state index in [1.54, 1.807) is 0 Å². The summed E-state index contributed by atoms with van der Waals surface area (Å²) in [6.07, 6.45) is 7.99. The number of rotatable bonds is 1. The molecule has 0 saturated heterocycles. The van der Waals surface area contributed by atoms with Crippen LogP contribution in [0, 0.1) is 13.8 Å². The van der Waals surface area contributed by atoms with E-state index in [1.807, 2.05) is 0 Å². The van der Waals surface area contributed by atoms with Crippen molar-refractivity contribution in [2.24, 2.45) is 0 Å². The fraction of sp³-hybridized carbons (Fsp3) is 0.375. The summed E-state index contributed by atoms with van der Waals surface area (Å²) in [5.41, 5.74) is 5.70. The lowest BCUT2D eigenvalue weighted by atomic mass is 9.75. The smallest absolute Gasteiger partial charge is 0.0144 e. The lowest BCUT2D eigenvalue weighted by molar-refractivity contribution is 0.594. The highest BCUT2D eigenvalue weighted by Gasteiger charge is 2.24. The van der Waals surface area contributed by atoms with Crippen molar-refractivity contribution in [3.63, 3.8) is 0 Å². The summed E-state index contributed by atoms with van der Waals surface area (Å²) in [7, 11) is 0. The van der Waals surface area contributed by atoms with Gasteiger partial charge in [-0.15, -0.1) is 0 Å². The van der Waals surface area contributed by atoms with Gasteiger partial charge in [0.2, 0.25) is 0 Å². The largest absolute Gasteiger partial charge is 0.0831 e. The second-order valence-electron chi connectivity index (χ2n) is 5.29. The monoisotopic (exact) mass is 212 g/mol. The van der Waals surface area contributed by atoms with E-state index in [9.17, 15) is 0 Å². The van der Waals surface area contributed by atoms with Crippen LogP contribution in [0.1, 0.15) is 37.0 Å². The Morgan fingerprint density at radius 1 is 1.00 bits per heavy atom. The van der Waals surface area contributed by atoms with E-state index < -0.39 is 0 Å². The molecule has 1 aromatic carbocycles. The minimum absolute atomic E-state index is 0.176. The van der Waals surface area contributed by atoms with Gasteiger partial charge in [-0.1, -0.05) is 60.1 Å². The predicted octanol–water partition coefficient (Wildman–Crippen LogP) is 4.47. The quantitative estimate of drug-likeness (QED) is 0.644. The first-order chi connectivity index (χ1) is 7.49. The fourth-order valence-corrected chi connectivity index (χ4v) is 2.60. The molecule has 0 nitrogen and oxygen atoms in total. The van der Waals surface area contributed by atoms with Crippen LogP contribution in [0.5, 0.6) is 0 Å². The number of benzene rings is 1. The van der Waals surface area contributed by atoms with E-state index in [-0.39, 0.29) is 5.41 Å². The number of hydrogen-bond acceptors (Lipinski definition) is 0. The van der Waals surface area contributed by atoms with Crippen LogP contribution < -0.4 is 0 Å². The molecule has 1 aromatic rings. The number of aryl methyl sites for hydroxylation is 2. The van der Waals surface area contributed by atoms with Gasteiger partial charge >= 0.3 is 0 Å². The maximum absolute atomic E-state index is 2.39. The zero-order valence-electron chi connectivity index (χ0n) is 10.7. The van der Waals surface area contributed by atoms with Crippen molar-refractivity contribution in [2.75, 3.05) is 0 Å². The summed E-state index contributed by atoms with van der Waals surface area (Å²) in [5, 5.41) is 0. The van der Waals surface area contributed by atoms with Crippen LogP contribution in [0.2, 0.25) is 0 Å². The van der Waals surface area contributed by atoms with Gasteiger partial charge in [0.1, 0.15) is 0 Å². The van der Waals surface area contributed by atoms with Crippen molar-refractivity contribution in [3.8, 4) is 0 Å². The van der Waals surface area contributed by atoms with Gasteiger partial charge in [0, 0.05) is 5.41 Å². The molecule has 16 heavy (non-hydrogen) atoms. The Morgan fingerprint density at radius 3 is 2.19 bits per heavy atom. The summed E-state index contributed by atoms with van der Waals surface area (Å²) in [6.45, 7) is 8.86. The minimum Gasteiger partial charge on any atom is -0.0831 e. The second kappa shape index (κ2) is 3.93. The summed E-state index contributed by atoms with van der Waals surface area (Å²) < 4.78 is 0. The van der Waals surface area contributed by atoms with E-state index in [0.29, 0.717) is 0 Å². The third kappa shape index (κ3) is 2.11. The fourth-order valence-electron chi connectivity index (χ4n) is 2.60. The van der Waals surface area contributed by atoms with E-state index in [4.69, 9.17) is 0 Å². The number of hydrogen-bond donors (Lipinski definition) is 0. The van der Waals surface area contributed by atoms with E-state index >= 15 is 0 Å². The van der Waals surface area contributed by atoms with Crippen LogP contribution >= 0.6 is 0 Å². The van der Waals surface area contributed by atoms with Crippen molar-refractivity contribution in [1.29, 1.82) is 0 Å². The predicted molar refractivity (Wildman–Crippen MR) is 70.8 cm³/mol. The van der Waals surface area contributed by atoms with Gasteiger partial charge in [0.15, 0.2) is 0 Å². The molecule has 84 valence electrons. The summed E-state index contributed by atoms with van der Waals surface area (Å²) >= 11 is 0. The lowest BCUT2D eigenvalue weighted by Gasteiger charge is -2.29. The Morgan fingerprint density at radius 2 is 1.62 bits per heavy atom. The van der Waals surface area contributed by atoms with Crippen molar-refractivity contribution >= 4 is 0 Å². The van der Waals surface area contributed by atoms with Crippen LogP contribution in [0.3, 0.4) is 0 Å². The molecule has 2 rings (SSSR count). The van der Waals surface area contributed by atoms with Crippen LogP contribution in [0.15, 0.2) is 42.0 Å². The molecule has 0 radical (unpaired) electrons. The van der Waals surface area contributed by atoms with Crippen molar-refractivity contribution < 1.29 is 0 Å². The Hall–Kier alpha value is -1.30. The van der Waals surface area contributed by atoms with E-state index in [0.717, 1.165) is 6.42 Å². The van der Waals surface area contributed by atoms with Crippen molar-refractivity contribution in [2.45, 2.75) is 39.5 Å². The SMILES string of the molecule is CC1=CC(C)(c2cc(C)cc(C)c2)CC=C1. The van der Waals surface area contributed by atoms with Gasteiger partial charge in [-0.2, -0.15) is 0 Å². The van der Waals surface area contributed by atoms with Gasteiger partial charge < -0.3 is 0 Å². The highest BCUT2D eigenvalue weighted by molar-refractivity contribution is 5.41. The van der Waals surface area contributed by atoms with Gasteiger partial charge in [-0.05, 0) is 32.8 Å². The molecule has 1 unspecified atom stereocenters. The normalized spacial score (nSPS) is 24.4. The molecule has 0 fully saturated rings. The molecule has 0 amide bonds. The highest BCUT2D eigenvalue weighted by atomic mass is 14.3. The Balaban J connectivity index is 2.47. The van der Waals surface area contributed by atoms with E-state index in [1.165, 1.54) is 22.3 Å². The molecule has 0 aromatic heterocycles. The summed E-state index contributed by atoms with van der Waals surface area (Å²) in [5.74, 6) is 0. The molecular formula is C16H20. The lowest BCUT2D eigenvalue weighted by Crippen LogP contribution is -2.20. The first-order valence-electron chi connectivity index (χ1n) is 5.94. The molecule has 0 N–H and O–H groups in total. The Kier molecular flexibility index (Phi) is 2.75. The molecule has 0 bridgehead atoms. The van der Waals surface area contributed by atoms with E-state index in [2.05, 4.69) is 64.1 Å². The molecule has 0 aliphatic heterocycles. The third-order valence-corrected chi connectivity index (χ3v) is 3.35. The maximum Gasteiger partial charge on any atom is 0.0144 e. The summed E-state index contributed by atoms with van der Waals surface area (Å²) in [4.78, 5) is 0. The Labute approximate surface area is 98.7 Å². The molecule has 1 aliphatic carbocycles. The number of allylic oxidation sites excluding steroid dienone is 4. The molecule has 1 atom stereocenters. The molecule has 0 heterocycles.